The second-order valence-electron chi connectivity index (χ2n) is 5.77. The normalized spacial score (nSPS) is 28.0. The quantitative estimate of drug-likeness (QED) is 0.723. The van der Waals surface area contributed by atoms with Gasteiger partial charge in [0, 0.05) is 45.4 Å². The van der Waals surface area contributed by atoms with Crippen LogP contribution in [0.2, 0.25) is 0 Å². The molecule has 1 N–H and O–H groups in total. The summed E-state index contributed by atoms with van der Waals surface area (Å²) >= 11 is 0. The summed E-state index contributed by atoms with van der Waals surface area (Å²) < 4.78 is 5.45. The minimum absolute atomic E-state index is 0.211. The molecule has 2 rings (SSSR count). The molecule has 0 aliphatic carbocycles. The van der Waals surface area contributed by atoms with Crippen molar-refractivity contribution in [1.82, 2.24) is 15.1 Å². The summed E-state index contributed by atoms with van der Waals surface area (Å²) in [4.78, 5) is 17.0. The molecular weight excluding hydrogens is 254 g/mol. The van der Waals surface area contributed by atoms with Crippen LogP contribution < -0.4 is 5.32 Å². The van der Waals surface area contributed by atoms with Crippen LogP contribution in [0.1, 0.15) is 26.7 Å². The Labute approximate surface area is 122 Å². The monoisotopic (exact) mass is 283 g/mol. The summed E-state index contributed by atoms with van der Waals surface area (Å²) in [6.45, 7) is 11.4. The Hall–Kier alpha value is -0.650. The molecule has 2 fully saturated rings. The number of carbonyl (C=O) groups is 1. The molecule has 2 saturated heterocycles. The lowest BCUT2D eigenvalue weighted by Gasteiger charge is -2.41. The third kappa shape index (κ3) is 3.93. The number of hydrogen-bond acceptors (Lipinski definition) is 4. The van der Waals surface area contributed by atoms with Gasteiger partial charge in [0.15, 0.2) is 0 Å². The van der Waals surface area contributed by atoms with Gasteiger partial charge in [-0.15, -0.1) is 0 Å². The molecule has 0 aromatic heterocycles. The van der Waals surface area contributed by atoms with E-state index < -0.39 is 0 Å². The van der Waals surface area contributed by atoms with E-state index in [4.69, 9.17) is 4.74 Å². The topological polar surface area (TPSA) is 44.8 Å². The third-order valence-corrected chi connectivity index (χ3v) is 4.52. The first-order valence-corrected chi connectivity index (χ1v) is 8.07. The highest BCUT2D eigenvalue weighted by atomic mass is 16.5. The molecule has 116 valence electrons. The summed E-state index contributed by atoms with van der Waals surface area (Å²) in [6, 6.07) is 0.488. The fourth-order valence-electron chi connectivity index (χ4n) is 3.22. The lowest BCUT2D eigenvalue weighted by molar-refractivity contribution is -0.138. The highest BCUT2D eigenvalue weighted by Gasteiger charge is 2.32. The third-order valence-electron chi connectivity index (χ3n) is 4.52. The Morgan fingerprint density at radius 2 is 2.20 bits per heavy atom. The standard InChI is InChI=1S/C15H29N3O2/c1-3-14-12-18(15(19)13-5-6-16-11-13)8-7-17(14)9-10-20-4-2/h13-14,16H,3-12H2,1-2H3. The number of nitrogens with zero attached hydrogens (tertiary/aromatic N) is 2. The molecule has 0 radical (unpaired) electrons. The van der Waals surface area contributed by atoms with Crippen molar-refractivity contribution >= 4 is 5.91 Å². The summed E-state index contributed by atoms with van der Waals surface area (Å²) in [7, 11) is 0. The summed E-state index contributed by atoms with van der Waals surface area (Å²) in [5.41, 5.74) is 0. The van der Waals surface area contributed by atoms with Crippen molar-refractivity contribution < 1.29 is 9.53 Å². The maximum atomic E-state index is 12.5. The predicted molar refractivity (Wildman–Crippen MR) is 79.7 cm³/mol. The summed E-state index contributed by atoms with van der Waals surface area (Å²) in [6.07, 6.45) is 2.10. The average Bonchev–Trinajstić information content (AvgIpc) is 3.01. The van der Waals surface area contributed by atoms with Crippen molar-refractivity contribution in [1.29, 1.82) is 0 Å². The van der Waals surface area contributed by atoms with Gasteiger partial charge >= 0.3 is 0 Å². The van der Waals surface area contributed by atoms with Crippen LogP contribution in [0.15, 0.2) is 0 Å². The van der Waals surface area contributed by atoms with Crippen LogP contribution in [0.4, 0.5) is 0 Å². The fraction of sp³-hybridized carbons (Fsp3) is 0.933. The van der Waals surface area contributed by atoms with Gasteiger partial charge in [-0.2, -0.15) is 0 Å². The molecule has 0 saturated carbocycles. The summed E-state index contributed by atoms with van der Waals surface area (Å²) in [5, 5.41) is 3.29. The Morgan fingerprint density at radius 1 is 1.35 bits per heavy atom. The minimum Gasteiger partial charge on any atom is -0.380 e. The van der Waals surface area contributed by atoms with Crippen LogP contribution >= 0.6 is 0 Å². The Morgan fingerprint density at radius 3 is 2.85 bits per heavy atom. The van der Waals surface area contributed by atoms with Crippen molar-refractivity contribution in [2.75, 3.05) is 52.5 Å². The van der Waals surface area contributed by atoms with Crippen molar-refractivity contribution in [3.63, 3.8) is 0 Å². The number of hydrogen-bond donors (Lipinski definition) is 1. The first-order valence-electron chi connectivity index (χ1n) is 8.07. The van der Waals surface area contributed by atoms with Crippen LogP contribution in [0.3, 0.4) is 0 Å². The van der Waals surface area contributed by atoms with E-state index in [-0.39, 0.29) is 5.92 Å². The second-order valence-corrected chi connectivity index (χ2v) is 5.77. The smallest absolute Gasteiger partial charge is 0.227 e. The molecule has 5 heteroatoms. The number of amides is 1. The van der Waals surface area contributed by atoms with E-state index in [0.29, 0.717) is 11.9 Å². The molecule has 2 heterocycles. The van der Waals surface area contributed by atoms with Gasteiger partial charge in [0.2, 0.25) is 5.91 Å². The van der Waals surface area contributed by atoms with Crippen molar-refractivity contribution in [3.05, 3.63) is 0 Å². The van der Waals surface area contributed by atoms with Crippen molar-refractivity contribution in [2.45, 2.75) is 32.7 Å². The largest absolute Gasteiger partial charge is 0.380 e. The lowest BCUT2D eigenvalue weighted by Crippen LogP contribution is -2.56. The van der Waals surface area contributed by atoms with Gasteiger partial charge in [0.1, 0.15) is 0 Å². The van der Waals surface area contributed by atoms with Crippen molar-refractivity contribution in [3.8, 4) is 0 Å². The summed E-state index contributed by atoms with van der Waals surface area (Å²) in [5.74, 6) is 0.570. The molecule has 2 aliphatic rings. The van der Waals surface area contributed by atoms with E-state index in [1.54, 1.807) is 0 Å². The number of ether oxygens (including phenoxy) is 1. The van der Waals surface area contributed by atoms with Crippen LogP contribution in [-0.4, -0.2) is 74.2 Å². The molecule has 0 aromatic rings. The zero-order valence-electron chi connectivity index (χ0n) is 12.9. The molecule has 0 spiro atoms. The first kappa shape index (κ1) is 15.7. The molecule has 0 aromatic carbocycles. The van der Waals surface area contributed by atoms with Gasteiger partial charge < -0.3 is 15.0 Å². The van der Waals surface area contributed by atoms with E-state index in [2.05, 4.69) is 22.0 Å². The van der Waals surface area contributed by atoms with Crippen molar-refractivity contribution in [2.24, 2.45) is 5.92 Å². The maximum Gasteiger partial charge on any atom is 0.227 e. The lowest BCUT2D eigenvalue weighted by atomic mass is 10.0. The predicted octanol–water partition coefficient (Wildman–Crippen LogP) is 0.555. The maximum absolute atomic E-state index is 12.5. The number of rotatable bonds is 6. The van der Waals surface area contributed by atoms with Gasteiger partial charge in [-0.05, 0) is 26.3 Å². The number of carbonyl (C=O) groups excluding carboxylic acids is 1. The second kappa shape index (κ2) is 7.96. The van der Waals surface area contributed by atoms with Crippen LogP contribution in [-0.2, 0) is 9.53 Å². The zero-order valence-corrected chi connectivity index (χ0v) is 12.9. The molecule has 2 aliphatic heterocycles. The Bertz CT molecular complexity index is 305. The molecule has 2 atom stereocenters. The fourth-order valence-corrected chi connectivity index (χ4v) is 3.22. The van der Waals surface area contributed by atoms with Gasteiger partial charge in [-0.3, -0.25) is 9.69 Å². The van der Waals surface area contributed by atoms with Crippen LogP contribution in [0, 0.1) is 5.92 Å². The molecule has 20 heavy (non-hydrogen) atoms. The molecular formula is C15H29N3O2. The van der Waals surface area contributed by atoms with E-state index in [1.807, 2.05) is 6.92 Å². The van der Waals surface area contributed by atoms with Gasteiger partial charge in [0.05, 0.1) is 12.5 Å². The SMILES string of the molecule is CCOCCN1CCN(C(=O)C2CCNC2)CC1CC. The van der Waals surface area contributed by atoms with E-state index in [9.17, 15) is 4.79 Å². The Kier molecular flexibility index (Phi) is 6.26. The number of nitrogens with one attached hydrogen (secondary N) is 1. The molecule has 0 bridgehead atoms. The molecule has 2 unspecified atom stereocenters. The minimum atomic E-state index is 0.211. The highest BCUT2D eigenvalue weighted by Crippen LogP contribution is 2.17. The van der Waals surface area contributed by atoms with Gasteiger partial charge in [0.25, 0.3) is 0 Å². The zero-order chi connectivity index (χ0) is 14.4. The van der Waals surface area contributed by atoms with Gasteiger partial charge in [-0.1, -0.05) is 6.92 Å². The van der Waals surface area contributed by atoms with Gasteiger partial charge in [-0.25, -0.2) is 0 Å². The van der Waals surface area contributed by atoms with E-state index in [1.165, 1.54) is 0 Å². The van der Waals surface area contributed by atoms with E-state index >= 15 is 0 Å². The molecule has 1 amide bonds. The Balaban J connectivity index is 1.82. The first-order chi connectivity index (χ1) is 9.76. The average molecular weight is 283 g/mol. The highest BCUT2D eigenvalue weighted by molar-refractivity contribution is 5.79. The van der Waals surface area contributed by atoms with Crippen LogP contribution in [0.25, 0.3) is 0 Å². The molecule has 5 nitrogen and oxygen atoms in total. The van der Waals surface area contributed by atoms with E-state index in [0.717, 1.165) is 65.3 Å². The van der Waals surface area contributed by atoms with Crippen LogP contribution in [0.5, 0.6) is 0 Å². The number of piperazine rings is 1.